The highest BCUT2D eigenvalue weighted by atomic mass is 79.9. The second-order valence-corrected chi connectivity index (χ2v) is 4.78. The number of pyridine rings is 1. The van der Waals surface area contributed by atoms with E-state index < -0.39 is 0 Å². The van der Waals surface area contributed by atoms with Crippen LogP contribution in [0.3, 0.4) is 0 Å². The smallest absolute Gasteiger partial charge is 0.137 e. The molecule has 0 bridgehead atoms. The number of nitrogens with zero attached hydrogens (tertiary/aromatic N) is 1. The van der Waals surface area contributed by atoms with Crippen molar-refractivity contribution in [2.75, 3.05) is 0 Å². The Balaban J connectivity index is 2.79. The average Bonchev–Trinajstić information content (AvgIpc) is 2.40. The third kappa shape index (κ3) is 1.46. The van der Waals surface area contributed by atoms with Crippen molar-refractivity contribution in [3.05, 3.63) is 28.0 Å². The summed E-state index contributed by atoms with van der Waals surface area (Å²) in [5.74, 6) is 0.528. The molecule has 0 spiro atoms. The lowest BCUT2D eigenvalue weighted by molar-refractivity contribution is 0.864. The van der Waals surface area contributed by atoms with Gasteiger partial charge in [0, 0.05) is 21.7 Å². The highest BCUT2D eigenvalue weighted by molar-refractivity contribution is 9.10. The van der Waals surface area contributed by atoms with Crippen molar-refractivity contribution in [3.63, 3.8) is 0 Å². The molecule has 1 N–H and O–H groups in total. The zero-order valence-electron chi connectivity index (χ0n) is 8.56. The lowest BCUT2D eigenvalue weighted by Crippen LogP contribution is -1.88. The maximum absolute atomic E-state index is 4.34. The first-order chi connectivity index (χ1) is 6.59. The summed E-state index contributed by atoms with van der Waals surface area (Å²) in [6.07, 6.45) is 1.82. The van der Waals surface area contributed by atoms with Crippen molar-refractivity contribution >= 4 is 27.0 Å². The van der Waals surface area contributed by atoms with Crippen LogP contribution in [0.25, 0.3) is 11.0 Å². The summed E-state index contributed by atoms with van der Waals surface area (Å²) in [5.41, 5.74) is 3.57. The van der Waals surface area contributed by atoms with Crippen LogP contribution in [0.15, 0.2) is 16.7 Å². The Hall–Kier alpha value is -0.830. The molecule has 0 unspecified atom stereocenters. The topological polar surface area (TPSA) is 28.7 Å². The Morgan fingerprint density at radius 1 is 1.43 bits per heavy atom. The van der Waals surface area contributed by atoms with Gasteiger partial charge < -0.3 is 4.98 Å². The number of rotatable bonds is 1. The largest absolute Gasteiger partial charge is 0.343 e. The van der Waals surface area contributed by atoms with E-state index in [1.165, 1.54) is 16.6 Å². The molecule has 0 aliphatic heterocycles. The summed E-state index contributed by atoms with van der Waals surface area (Å²) in [4.78, 5) is 7.65. The molecule has 3 heteroatoms. The maximum Gasteiger partial charge on any atom is 0.137 e. The van der Waals surface area contributed by atoms with E-state index in [4.69, 9.17) is 0 Å². The van der Waals surface area contributed by atoms with Gasteiger partial charge in [-0.25, -0.2) is 4.98 Å². The third-order valence-corrected chi connectivity index (χ3v) is 2.87. The van der Waals surface area contributed by atoms with Gasteiger partial charge in [0.1, 0.15) is 5.65 Å². The summed E-state index contributed by atoms with van der Waals surface area (Å²) < 4.78 is 1.03. The van der Waals surface area contributed by atoms with Gasteiger partial charge in [0.2, 0.25) is 0 Å². The van der Waals surface area contributed by atoms with Gasteiger partial charge >= 0.3 is 0 Å². The first-order valence-electron chi connectivity index (χ1n) is 4.73. The molecular formula is C11H13BrN2. The molecule has 0 saturated carbocycles. The molecule has 74 valence electrons. The van der Waals surface area contributed by atoms with E-state index in [0.29, 0.717) is 5.92 Å². The van der Waals surface area contributed by atoms with Crippen LogP contribution in [-0.4, -0.2) is 9.97 Å². The molecule has 0 atom stereocenters. The van der Waals surface area contributed by atoms with Gasteiger partial charge in [-0.05, 0) is 40.4 Å². The van der Waals surface area contributed by atoms with Crippen molar-refractivity contribution in [1.82, 2.24) is 9.97 Å². The molecule has 0 aromatic carbocycles. The maximum atomic E-state index is 4.34. The van der Waals surface area contributed by atoms with Crippen molar-refractivity contribution < 1.29 is 0 Å². The predicted octanol–water partition coefficient (Wildman–Crippen LogP) is 3.76. The van der Waals surface area contributed by atoms with Gasteiger partial charge in [-0.1, -0.05) is 13.8 Å². The van der Waals surface area contributed by atoms with Crippen molar-refractivity contribution in [2.45, 2.75) is 26.7 Å². The van der Waals surface area contributed by atoms with E-state index >= 15 is 0 Å². The van der Waals surface area contributed by atoms with Crippen LogP contribution in [0.4, 0.5) is 0 Å². The van der Waals surface area contributed by atoms with Crippen LogP contribution >= 0.6 is 15.9 Å². The molecule has 2 rings (SSSR count). The number of halogens is 1. The Morgan fingerprint density at radius 2 is 2.14 bits per heavy atom. The minimum absolute atomic E-state index is 0.528. The number of H-pyrrole nitrogens is 1. The predicted molar refractivity (Wildman–Crippen MR) is 62.6 cm³/mol. The van der Waals surface area contributed by atoms with Gasteiger partial charge in [0.15, 0.2) is 0 Å². The summed E-state index contributed by atoms with van der Waals surface area (Å²) in [5, 5.41) is 1.23. The minimum Gasteiger partial charge on any atom is -0.343 e. The molecular weight excluding hydrogens is 240 g/mol. The van der Waals surface area contributed by atoms with E-state index in [1.54, 1.807) is 0 Å². The molecule has 2 nitrogen and oxygen atoms in total. The number of nitrogens with one attached hydrogen (secondary N) is 1. The number of aromatic nitrogens is 2. The second kappa shape index (κ2) is 3.39. The number of hydrogen-bond acceptors (Lipinski definition) is 1. The van der Waals surface area contributed by atoms with Gasteiger partial charge in [-0.3, -0.25) is 0 Å². The molecule has 0 aliphatic rings. The van der Waals surface area contributed by atoms with Crippen LogP contribution in [0.2, 0.25) is 0 Å². The molecule has 0 aliphatic carbocycles. The van der Waals surface area contributed by atoms with Crippen molar-refractivity contribution in [3.8, 4) is 0 Å². The van der Waals surface area contributed by atoms with Crippen LogP contribution in [0.1, 0.15) is 31.0 Å². The zero-order chi connectivity index (χ0) is 10.3. The van der Waals surface area contributed by atoms with Gasteiger partial charge in [-0.2, -0.15) is 0 Å². The number of aromatic amines is 1. The Morgan fingerprint density at radius 3 is 2.79 bits per heavy atom. The zero-order valence-corrected chi connectivity index (χ0v) is 10.1. The summed E-state index contributed by atoms with van der Waals surface area (Å²) >= 11 is 3.45. The van der Waals surface area contributed by atoms with E-state index in [9.17, 15) is 0 Å². The summed E-state index contributed by atoms with van der Waals surface area (Å²) in [6, 6.07) is 2.13. The molecule has 0 radical (unpaired) electrons. The lowest BCUT2D eigenvalue weighted by Gasteiger charge is -2.04. The van der Waals surface area contributed by atoms with Gasteiger partial charge in [-0.15, -0.1) is 0 Å². The fourth-order valence-corrected chi connectivity index (χ4v) is 2.27. The minimum atomic E-state index is 0.528. The van der Waals surface area contributed by atoms with Crippen LogP contribution in [0.5, 0.6) is 0 Å². The lowest BCUT2D eigenvalue weighted by atomic mass is 10.0. The summed E-state index contributed by atoms with van der Waals surface area (Å²) in [7, 11) is 0. The Bertz CT molecular complexity index is 471. The van der Waals surface area contributed by atoms with E-state index in [1.807, 2.05) is 6.20 Å². The van der Waals surface area contributed by atoms with Crippen molar-refractivity contribution in [2.24, 2.45) is 0 Å². The van der Waals surface area contributed by atoms with Crippen LogP contribution in [-0.2, 0) is 0 Å². The monoisotopic (exact) mass is 252 g/mol. The van der Waals surface area contributed by atoms with E-state index in [2.05, 4.69) is 52.7 Å². The third-order valence-electron chi connectivity index (χ3n) is 2.43. The highest BCUT2D eigenvalue weighted by Crippen LogP contribution is 2.29. The molecule has 2 heterocycles. The van der Waals surface area contributed by atoms with Gasteiger partial charge in [0.05, 0.1) is 0 Å². The fourth-order valence-electron chi connectivity index (χ4n) is 1.94. The van der Waals surface area contributed by atoms with Crippen molar-refractivity contribution in [1.29, 1.82) is 0 Å². The fraction of sp³-hybridized carbons (Fsp3) is 0.364. The number of fused-ring (bicyclic) bond motifs is 1. The van der Waals surface area contributed by atoms with Crippen LogP contribution in [0, 0.1) is 6.92 Å². The first-order valence-corrected chi connectivity index (χ1v) is 5.52. The molecule has 2 aromatic rings. The SMILES string of the molecule is Cc1[nH]c2ncc(Br)cc2c1C(C)C. The average molecular weight is 253 g/mol. The molecule has 14 heavy (non-hydrogen) atoms. The molecule has 0 amide bonds. The molecule has 2 aromatic heterocycles. The second-order valence-electron chi connectivity index (χ2n) is 3.87. The van der Waals surface area contributed by atoms with Gasteiger partial charge in [0.25, 0.3) is 0 Å². The molecule has 0 saturated heterocycles. The molecule has 0 fully saturated rings. The normalized spacial score (nSPS) is 11.5. The highest BCUT2D eigenvalue weighted by Gasteiger charge is 2.12. The Labute approximate surface area is 91.9 Å². The summed E-state index contributed by atoms with van der Waals surface area (Å²) in [6.45, 7) is 6.51. The van der Waals surface area contributed by atoms with Crippen LogP contribution < -0.4 is 0 Å². The number of hydrogen-bond donors (Lipinski definition) is 1. The standard InChI is InChI=1S/C11H13BrN2/c1-6(2)10-7(3)14-11-9(10)4-8(12)5-13-11/h4-6H,1-3H3,(H,13,14). The van der Waals surface area contributed by atoms with E-state index in [0.717, 1.165) is 10.1 Å². The Kier molecular flexibility index (Phi) is 2.35. The van der Waals surface area contributed by atoms with E-state index in [-0.39, 0.29) is 0 Å². The first kappa shape index (κ1) is 9.71. The quantitative estimate of drug-likeness (QED) is 0.823. The number of aryl methyl sites for hydroxylation is 1.